The minimum Gasteiger partial charge on any atom is -0.497 e. The van der Waals surface area contributed by atoms with Crippen molar-refractivity contribution in [3.63, 3.8) is 0 Å². The fraction of sp³-hybridized carbons (Fsp3) is 0.348. The Kier molecular flexibility index (Phi) is 6.61. The van der Waals surface area contributed by atoms with Crippen LogP contribution in [0.2, 0.25) is 0 Å². The molecule has 0 saturated carbocycles. The van der Waals surface area contributed by atoms with E-state index in [-0.39, 0.29) is 12.2 Å². The van der Waals surface area contributed by atoms with E-state index in [0.29, 0.717) is 24.1 Å². The number of pyridine rings is 1. The summed E-state index contributed by atoms with van der Waals surface area (Å²) in [5.74, 6) is 0.909. The molecule has 3 aromatic rings. The van der Waals surface area contributed by atoms with E-state index >= 15 is 0 Å². The normalized spacial score (nSPS) is 11.5. The number of ketones is 1. The quantitative estimate of drug-likeness (QED) is 0.484. The summed E-state index contributed by atoms with van der Waals surface area (Å²) < 4.78 is 12.8. The van der Waals surface area contributed by atoms with Gasteiger partial charge in [-0.25, -0.2) is 9.36 Å². The SMILES string of the molecule is COc1ccc(CCC(=O)Cc2cc3c(Br)cn(C(=O)OC(C)(C)C)c3cn2)cc1. The lowest BCUT2D eigenvalue weighted by molar-refractivity contribution is -0.118. The van der Waals surface area contributed by atoms with Gasteiger partial charge in [-0.3, -0.25) is 9.78 Å². The van der Waals surface area contributed by atoms with Crippen LogP contribution in [0.15, 0.2) is 47.2 Å². The zero-order chi connectivity index (χ0) is 21.9. The summed E-state index contributed by atoms with van der Waals surface area (Å²) in [6.07, 6.45) is 4.15. The third kappa shape index (κ3) is 5.48. The van der Waals surface area contributed by atoms with Gasteiger partial charge in [-0.15, -0.1) is 0 Å². The van der Waals surface area contributed by atoms with Gasteiger partial charge in [0.1, 0.15) is 17.1 Å². The van der Waals surface area contributed by atoms with E-state index in [9.17, 15) is 9.59 Å². The second-order valence-electron chi connectivity index (χ2n) is 8.08. The Morgan fingerprint density at radius 1 is 1.17 bits per heavy atom. The molecule has 158 valence electrons. The van der Waals surface area contributed by atoms with Crippen LogP contribution in [0.1, 0.15) is 38.4 Å². The number of carbonyl (C=O) groups is 2. The van der Waals surface area contributed by atoms with Crippen LogP contribution in [-0.4, -0.2) is 34.1 Å². The first-order chi connectivity index (χ1) is 14.2. The average molecular weight is 473 g/mol. The van der Waals surface area contributed by atoms with Gasteiger partial charge in [-0.1, -0.05) is 12.1 Å². The topological polar surface area (TPSA) is 70.4 Å². The van der Waals surface area contributed by atoms with Gasteiger partial charge >= 0.3 is 6.09 Å². The van der Waals surface area contributed by atoms with Crippen molar-refractivity contribution in [2.75, 3.05) is 7.11 Å². The Morgan fingerprint density at radius 2 is 1.87 bits per heavy atom. The first-order valence-corrected chi connectivity index (χ1v) is 10.5. The first kappa shape index (κ1) is 22.0. The third-order valence-corrected chi connectivity index (χ3v) is 5.15. The van der Waals surface area contributed by atoms with Crippen molar-refractivity contribution in [3.05, 3.63) is 58.5 Å². The standard InChI is InChI=1S/C23H25BrN2O4/c1-23(2,3)30-22(28)26-14-20(24)19-12-16(25-13-21(19)26)11-17(27)8-5-15-6-9-18(29-4)10-7-15/h6-7,9-10,12-14H,5,8,11H2,1-4H3. The summed E-state index contributed by atoms with van der Waals surface area (Å²) in [5.41, 5.74) is 1.80. The molecule has 2 heterocycles. The minimum atomic E-state index is -0.593. The average Bonchev–Trinajstić information content (AvgIpc) is 3.02. The molecule has 0 aliphatic rings. The van der Waals surface area contributed by atoms with Gasteiger partial charge in [0.2, 0.25) is 0 Å². The summed E-state index contributed by atoms with van der Waals surface area (Å²) in [6, 6.07) is 9.55. The van der Waals surface area contributed by atoms with E-state index < -0.39 is 11.7 Å². The highest BCUT2D eigenvalue weighted by atomic mass is 79.9. The molecule has 1 aromatic carbocycles. The van der Waals surface area contributed by atoms with Crippen molar-refractivity contribution in [1.29, 1.82) is 0 Å². The lowest BCUT2D eigenvalue weighted by atomic mass is 10.0. The van der Waals surface area contributed by atoms with Crippen LogP contribution >= 0.6 is 15.9 Å². The molecular weight excluding hydrogens is 448 g/mol. The van der Waals surface area contributed by atoms with Crippen molar-refractivity contribution in [2.24, 2.45) is 0 Å². The van der Waals surface area contributed by atoms with Gasteiger partial charge in [0.15, 0.2) is 0 Å². The smallest absolute Gasteiger partial charge is 0.419 e. The zero-order valence-corrected chi connectivity index (χ0v) is 19.2. The summed E-state index contributed by atoms with van der Waals surface area (Å²) >= 11 is 3.49. The molecular formula is C23H25BrN2O4. The third-order valence-electron chi connectivity index (χ3n) is 4.52. The van der Waals surface area contributed by atoms with Crippen LogP contribution in [0.5, 0.6) is 5.75 Å². The van der Waals surface area contributed by atoms with Crippen molar-refractivity contribution in [2.45, 2.75) is 45.6 Å². The number of nitrogens with zero attached hydrogens (tertiary/aromatic N) is 2. The zero-order valence-electron chi connectivity index (χ0n) is 17.6. The van der Waals surface area contributed by atoms with Gasteiger partial charge in [-0.2, -0.15) is 0 Å². The van der Waals surface area contributed by atoms with Crippen LogP contribution in [0.4, 0.5) is 4.79 Å². The Bertz CT molecular complexity index is 1070. The van der Waals surface area contributed by atoms with E-state index in [0.717, 1.165) is 21.2 Å². The van der Waals surface area contributed by atoms with E-state index in [1.165, 1.54) is 4.57 Å². The van der Waals surface area contributed by atoms with Gasteiger partial charge in [0.25, 0.3) is 0 Å². The van der Waals surface area contributed by atoms with Crippen molar-refractivity contribution in [1.82, 2.24) is 9.55 Å². The first-order valence-electron chi connectivity index (χ1n) is 9.70. The number of rotatable bonds is 6. The largest absolute Gasteiger partial charge is 0.497 e. The molecule has 0 saturated heterocycles. The fourth-order valence-corrected chi connectivity index (χ4v) is 3.57. The van der Waals surface area contributed by atoms with Gasteiger partial charge < -0.3 is 9.47 Å². The maximum absolute atomic E-state index is 12.4. The molecule has 0 amide bonds. The summed E-state index contributed by atoms with van der Waals surface area (Å²) in [7, 11) is 1.63. The molecule has 0 N–H and O–H groups in total. The van der Waals surface area contributed by atoms with Crippen molar-refractivity contribution < 1.29 is 19.1 Å². The second-order valence-corrected chi connectivity index (χ2v) is 8.94. The monoisotopic (exact) mass is 472 g/mol. The van der Waals surface area contributed by atoms with E-state index in [2.05, 4.69) is 20.9 Å². The van der Waals surface area contributed by atoms with Crippen molar-refractivity contribution >= 4 is 38.7 Å². The predicted molar refractivity (Wildman–Crippen MR) is 119 cm³/mol. The molecule has 0 aliphatic heterocycles. The van der Waals surface area contributed by atoms with Crippen LogP contribution in [0.25, 0.3) is 10.9 Å². The maximum Gasteiger partial charge on any atom is 0.419 e. The molecule has 6 nitrogen and oxygen atoms in total. The Labute approximate surface area is 184 Å². The van der Waals surface area contributed by atoms with Crippen LogP contribution < -0.4 is 4.74 Å². The molecule has 0 unspecified atom stereocenters. The van der Waals surface area contributed by atoms with E-state index in [1.54, 1.807) is 19.5 Å². The maximum atomic E-state index is 12.4. The number of benzene rings is 1. The highest BCUT2D eigenvalue weighted by Crippen LogP contribution is 2.27. The molecule has 2 aromatic heterocycles. The molecule has 0 atom stereocenters. The highest BCUT2D eigenvalue weighted by molar-refractivity contribution is 9.10. The number of hydrogen-bond acceptors (Lipinski definition) is 5. The fourth-order valence-electron chi connectivity index (χ4n) is 3.05. The number of Topliss-reactive ketones (excluding diaryl/α,β-unsaturated/α-hetero) is 1. The molecule has 0 bridgehead atoms. The molecule has 0 fully saturated rings. The number of carbonyl (C=O) groups excluding carboxylic acids is 2. The Hall–Kier alpha value is -2.67. The number of aromatic nitrogens is 2. The number of hydrogen-bond donors (Lipinski definition) is 0. The van der Waals surface area contributed by atoms with Crippen molar-refractivity contribution in [3.8, 4) is 5.75 Å². The van der Waals surface area contributed by atoms with Gasteiger partial charge in [0, 0.05) is 34.6 Å². The highest BCUT2D eigenvalue weighted by Gasteiger charge is 2.21. The second kappa shape index (κ2) is 9.00. The molecule has 30 heavy (non-hydrogen) atoms. The van der Waals surface area contributed by atoms with Gasteiger partial charge in [-0.05, 0) is 66.9 Å². The van der Waals surface area contributed by atoms with E-state index in [4.69, 9.17) is 9.47 Å². The minimum absolute atomic E-state index is 0.111. The number of ether oxygens (including phenoxy) is 2. The molecule has 3 rings (SSSR count). The lowest BCUT2D eigenvalue weighted by Gasteiger charge is -2.19. The molecule has 7 heteroatoms. The van der Waals surface area contributed by atoms with Crippen LogP contribution in [-0.2, 0) is 22.4 Å². The lowest BCUT2D eigenvalue weighted by Crippen LogP contribution is -2.26. The molecule has 0 spiro atoms. The van der Waals surface area contributed by atoms with Crippen LogP contribution in [0, 0.1) is 0 Å². The van der Waals surface area contributed by atoms with Gasteiger partial charge in [0.05, 0.1) is 18.8 Å². The summed E-state index contributed by atoms with van der Waals surface area (Å²) in [5, 5.41) is 0.814. The molecule has 0 radical (unpaired) electrons. The Morgan fingerprint density at radius 3 is 2.50 bits per heavy atom. The number of fused-ring (bicyclic) bond motifs is 1. The number of aryl methyl sites for hydroxylation is 1. The Balaban J connectivity index is 1.68. The predicted octanol–water partition coefficient (Wildman–Crippen LogP) is 5.34. The van der Waals surface area contributed by atoms with Crippen LogP contribution in [0.3, 0.4) is 0 Å². The number of halogens is 1. The summed E-state index contributed by atoms with van der Waals surface area (Å²) in [6.45, 7) is 5.46. The van der Waals surface area contributed by atoms with E-state index in [1.807, 2.05) is 51.1 Å². The molecule has 0 aliphatic carbocycles. The number of methoxy groups -OCH3 is 1. The summed E-state index contributed by atoms with van der Waals surface area (Å²) in [4.78, 5) is 29.3.